The van der Waals surface area contributed by atoms with Crippen LogP contribution in [0.15, 0.2) is 66.0 Å². The van der Waals surface area contributed by atoms with E-state index < -0.39 is 0 Å². The Hall–Kier alpha value is -2.26. The van der Waals surface area contributed by atoms with Crippen molar-refractivity contribution < 1.29 is 0 Å². The summed E-state index contributed by atoms with van der Waals surface area (Å²) in [7, 11) is 1.97. The van der Waals surface area contributed by atoms with Crippen molar-refractivity contribution in [3.8, 4) is 0 Å². The van der Waals surface area contributed by atoms with Gasteiger partial charge in [-0.1, -0.05) is 55.5 Å². The number of hydrogen-bond donors (Lipinski definition) is 2. The summed E-state index contributed by atoms with van der Waals surface area (Å²) < 4.78 is 0. The first kappa shape index (κ1) is 23.4. The van der Waals surface area contributed by atoms with Crippen LogP contribution in [0.4, 0.5) is 0 Å². The van der Waals surface area contributed by atoms with Crippen LogP contribution in [0.1, 0.15) is 64.0 Å². The SMILES string of the molecule is C=C(NC1CN2CCC1CC2)/C(=C/NC)CC(C)c1ccc(/C(C)=C/C=C(C)C)cc1. The van der Waals surface area contributed by atoms with Crippen molar-refractivity contribution in [2.24, 2.45) is 5.92 Å². The molecule has 0 spiro atoms. The van der Waals surface area contributed by atoms with Crippen LogP contribution in [0.25, 0.3) is 5.57 Å². The van der Waals surface area contributed by atoms with Gasteiger partial charge in [0.2, 0.25) is 0 Å². The molecule has 3 fully saturated rings. The predicted octanol–water partition coefficient (Wildman–Crippen LogP) is 5.85. The molecule has 3 heterocycles. The number of rotatable bonds is 9. The van der Waals surface area contributed by atoms with Crippen molar-refractivity contribution in [2.45, 2.75) is 58.9 Å². The monoisotopic (exact) mass is 419 g/mol. The maximum absolute atomic E-state index is 4.42. The molecule has 3 aliphatic heterocycles. The molecule has 2 atom stereocenters. The van der Waals surface area contributed by atoms with Crippen molar-refractivity contribution in [2.75, 3.05) is 26.7 Å². The summed E-state index contributed by atoms with van der Waals surface area (Å²) in [6.45, 7) is 16.9. The predicted molar refractivity (Wildman–Crippen MR) is 135 cm³/mol. The summed E-state index contributed by atoms with van der Waals surface area (Å²) in [6, 6.07) is 9.59. The molecule has 3 saturated heterocycles. The third-order valence-electron chi connectivity index (χ3n) is 6.85. The van der Waals surface area contributed by atoms with Crippen LogP contribution < -0.4 is 10.6 Å². The van der Waals surface area contributed by atoms with E-state index in [1.54, 1.807) is 0 Å². The number of hydrogen-bond acceptors (Lipinski definition) is 3. The number of nitrogens with zero attached hydrogens (tertiary/aromatic N) is 1. The van der Waals surface area contributed by atoms with Gasteiger partial charge in [-0.2, -0.15) is 0 Å². The van der Waals surface area contributed by atoms with Gasteiger partial charge >= 0.3 is 0 Å². The van der Waals surface area contributed by atoms with Crippen molar-refractivity contribution in [3.63, 3.8) is 0 Å². The molecular formula is C28H41N3. The lowest BCUT2D eigenvalue weighted by Crippen LogP contribution is -2.55. The van der Waals surface area contributed by atoms with Crippen LogP contribution in [0, 0.1) is 5.92 Å². The molecule has 1 aromatic rings. The second kappa shape index (κ2) is 10.9. The van der Waals surface area contributed by atoms with E-state index in [4.69, 9.17) is 0 Å². The van der Waals surface area contributed by atoms with Gasteiger partial charge in [0.15, 0.2) is 0 Å². The third-order valence-corrected chi connectivity index (χ3v) is 6.85. The summed E-state index contributed by atoms with van der Waals surface area (Å²) in [5.74, 6) is 1.23. The molecule has 4 rings (SSSR count). The first-order chi connectivity index (χ1) is 14.9. The van der Waals surface area contributed by atoms with E-state index in [1.807, 2.05) is 7.05 Å². The van der Waals surface area contributed by atoms with Crippen LogP contribution in [0.5, 0.6) is 0 Å². The Balaban J connectivity index is 1.63. The van der Waals surface area contributed by atoms with E-state index in [1.165, 1.54) is 53.8 Å². The lowest BCUT2D eigenvalue weighted by Gasteiger charge is -2.45. The van der Waals surface area contributed by atoms with Gasteiger partial charge in [-0.3, -0.25) is 0 Å². The fraction of sp³-hybridized carbons (Fsp3) is 0.500. The largest absolute Gasteiger partial charge is 0.394 e. The summed E-state index contributed by atoms with van der Waals surface area (Å²) in [6.07, 6.45) is 10.1. The van der Waals surface area contributed by atoms with Crippen LogP contribution in [0.3, 0.4) is 0 Å². The van der Waals surface area contributed by atoms with E-state index >= 15 is 0 Å². The minimum atomic E-state index is 0.431. The Morgan fingerprint density at radius 2 is 1.81 bits per heavy atom. The standard InChI is InChI=1S/C28H41N3/c1-20(2)7-8-21(3)24-9-11-25(12-10-24)22(4)17-27(18-29-6)23(5)30-28-19-31-15-13-26(28)14-16-31/h7-12,18,22,26,28-30H,5,13-17,19H2,1-4,6H3/b21-8+,27-18+. The lowest BCUT2D eigenvalue weighted by molar-refractivity contribution is 0.0775. The fourth-order valence-corrected chi connectivity index (χ4v) is 4.80. The van der Waals surface area contributed by atoms with Gasteiger partial charge in [0.1, 0.15) is 0 Å². The Labute approximate surface area is 190 Å². The van der Waals surface area contributed by atoms with Gasteiger partial charge in [-0.25, -0.2) is 0 Å². The highest BCUT2D eigenvalue weighted by atomic mass is 15.2. The number of allylic oxidation sites excluding steroid dienone is 5. The minimum absolute atomic E-state index is 0.431. The highest BCUT2D eigenvalue weighted by Crippen LogP contribution is 2.30. The zero-order chi connectivity index (χ0) is 22.4. The molecule has 2 unspecified atom stereocenters. The first-order valence-electron chi connectivity index (χ1n) is 11.8. The minimum Gasteiger partial charge on any atom is -0.394 e. The molecule has 168 valence electrons. The normalized spacial score (nSPS) is 24.5. The summed E-state index contributed by atoms with van der Waals surface area (Å²) in [5.41, 5.74) is 7.63. The van der Waals surface area contributed by atoms with Crippen molar-refractivity contribution in [3.05, 3.63) is 77.2 Å². The molecule has 2 bridgehead atoms. The Kier molecular flexibility index (Phi) is 8.20. The lowest BCUT2D eigenvalue weighted by atomic mass is 9.83. The summed E-state index contributed by atoms with van der Waals surface area (Å²) >= 11 is 0. The van der Waals surface area contributed by atoms with Gasteiger partial charge in [-0.05, 0) is 87.2 Å². The van der Waals surface area contributed by atoms with Crippen molar-refractivity contribution >= 4 is 5.57 Å². The van der Waals surface area contributed by atoms with E-state index in [2.05, 4.69) is 92.4 Å². The van der Waals surface area contributed by atoms with Gasteiger partial charge < -0.3 is 15.5 Å². The number of fused-ring (bicyclic) bond motifs is 3. The smallest absolute Gasteiger partial charge is 0.0417 e. The number of benzene rings is 1. The summed E-state index contributed by atoms with van der Waals surface area (Å²) in [5, 5.41) is 7.02. The average molecular weight is 420 g/mol. The summed E-state index contributed by atoms with van der Waals surface area (Å²) in [4.78, 5) is 2.59. The third kappa shape index (κ3) is 6.36. The zero-order valence-corrected chi connectivity index (χ0v) is 20.2. The van der Waals surface area contributed by atoms with Crippen LogP contribution >= 0.6 is 0 Å². The van der Waals surface area contributed by atoms with Crippen LogP contribution in [0.2, 0.25) is 0 Å². The molecule has 0 saturated carbocycles. The van der Waals surface area contributed by atoms with Crippen molar-refractivity contribution in [1.82, 2.24) is 15.5 Å². The zero-order valence-electron chi connectivity index (χ0n) is 20.2. The molecular weight excluding hydrogens is 378 g/mol. The quantitative estimate of drug-likeness (QED) is 0.492. The number of piperidine rings is 3. The van der Waals surface area contributed by atoms with E-state index in [0.717, 1.165) is 24.6 Å². The molecule has 0 aromatic heterocycles. The molecule has 3 heteroatoms. The van der Waals surface area contributed by atoms with E-state index in [9.17, 15) is 0 Å². The van der Waals surface area contributed by atoms with Crippen molar-refractivity contribution in [1.29, 1.82) is 0 Å². The topological polar surface area (TPSA) is 27.3 Å². The molecule has 2 N–H and O–H groups in total. The second-order valence-corrected chi connectivity index (χ2v) is 9.65. The first-order valence-corrected chi connectivity index (χ1v) is 11.8. The highest BCUT2D eigenvalue weighted by molar-refractivity contribution is 5.65. The Morgan fingerprint density at radius 3 is 2.35 bits per heavy atom. The molecule has 0 amide bonds. The molecule has 3 aliphatic rings. The molecule has 3 nitrogen and oxygen atoms in total. The average Bonchev–Trinajstić information content (AvgIpc) is 2.78. The highest BCUT2D eigenvalue weighted by Gasteiger charge is 2.34. The second-order valence-electron chi connectivity index (χ2n) is 9.65. The van der Waals surface area contributed by atoms with Gasteiger partial charge in [-0.15, -0.1) is 0 Å². The fourth-order valence-electron chi connectivity index (χ4n) is 4.80. The molecule has 31 heavy (non-hydrogen) atoms. The number of nitrogens with one attached hydrogen (secondary N) is 2. The Morgan fingerprint density at radius 1 is 1.13 bits per heavy atom. The Bertz CT molecular complexity index is 832. The maximum Gasteiger partial charge on any atom is 0.0417 e. The van der Waals surface area contributed by atoms with Gasteiger partial charge in [0, 0.05) is 31.5 Å². The van der Waals surface area contributed by atoms with Crippen LogP contribution in [-0.4, -0.2) is 37.6 Å². The maximum atomic E-state index is 4.42. The molecule has 0 aliphatic carbocycles. The molecule has 1 aromatic carbocycles. The van der Waals surface area contributed by atoms with E-state index in [0.29, 0.717) is 12.0 Å². The van der Waals surface area contributed by atoms with Gasteiger partial charge in [0.25, 0.3) is 0 Å². The van der Waals surface area contributed by atoms with Crippen LogP contribution in [-0.2, 0) is 0 Å². The van der Waals surface area contributed by atoms with E-state index in [-0.39, 0.29) is 0 Å². The molecule has 0 radical (unpaired) electrons. The van der Waals surface area contributed by atoms with Gasteiger partial charge in [0.05, 0.1) is 0 Å².